The number of piperazine rings is 1. The second-order valence-corrected chi connectivity index (χ2v) is 8.15. The van der Waals surface area contributed by atoms with Crippen molar-refractivity contribution in [2.24, 2.45) is 0 Å². The lowest BCUT2D eigenvalue weighted by atomic mass is 10.2. The topological polar surface area (TPSA) is 86.4 Å². The second-order valence-electron chi connectivity index (χ2n) is 8.15. The summed E-state index contributed by atoms with van der Waals surface area (Å²) in [5, 5.41) is 13.8. The lowest BCUT2D eigenvalue weighted by Crippen LogP contribution is -2.45. The maximum Gasteiger partial charge on any atom is 0.435 e. The van der Waals surface area contributed by atoms with E-state index in [-0.39, 0.29) is 17.9 Å². The van der Waals surface area contributed by atoms with E-state index in [9.17, 15) is 23.1 Å². The number of likely N-dealkylation sites (N-methyl/N-ethyl adjacent to an activating group) is 1. The summed E-state index contributed by atoms with van der Waals surface area (Å²) in [7, 11) is 3.51. The maximum absolute atomic E-state index is 13.7. The summed E-state index contributed by atoms with van der Waals surface area (Å²) in [6, 6.07) is 8.66. The molecule has 1 saturated heterocycles. The number of aromatic nitrogens is 3. The third kappa shape index (κ3) is 5.01. The van der Waals surface area contributed by atoms with Gasteiger partial charge >= 0.3 is 12.1 Å². The number of hydrogen-bond donors (Lipinski definition) is 1. The van der Waals surface area contributed by atoms with Crippen molar-refractivity contribution >= 4 is 23.1 Å². The average Bonchev–Trinajstić information content (AvgIpc) is 3.23. The Morgan fingerprint density at radius 2 is 1.85 bits per heavy atom. The Morgan fingerprint density at radius 3 is 2.44 bits per heavy atom. The van der Waals surface area contributed by atoms with E-state index in [4.69, 9.17) is 4.74 Å². The van der Waals surface area contributed by atoms with Crippen molar-refractivity contribution in [2.75, 3.05) is 56.7 Å². The van der Waals surface area contributed by atoms with Gasteiger partial charge in [0.15, 0.2) is 17.2 Å². The van der Waals surface area contributed by atoms with Crippen LogP contribution in [0.5, 0.6) is 5.75 Å². The summed E-state index contributed by atoms with van der Waals surface area (Å²) in [6.45, 7) is 2.35. The standard InChI is InChI=1S/C22H25F3N6O3/c1-28-7-9-29(10-8-28)19-11-17(21-26-12-18(22(23,24)25)31(21)27-19)30(14-20(32)33)13-15-3-5-16(34-2)6-4-15/h3-6,11-12H,7-10,13-14H2,1-2H3,(H,32,33). The van der Waals surface area contributed by atoms with Crippen LogP contribution in [-0.4, -0.2) is 77.5 Å². The molecule has 3 heterocycles. The van der Waals surface area contributed by atoms with Crippen LogP contribution in [0.4, 0.5) is 24.7 Å². The molecule has 2 aromatic heterocycles. The zero-order chi connectivity index (χ0) is 24.5. The molecule has 0 atom stereocenters. The summed E-state index contributed by atoms with van der Waals surface area (Å²) in [6.07, 6.45) is -3.94. The summed E-state index contributed by atoms with van der Waals surface area (Å²) in [5.41, 5.74) is -0.0437. The molecule has 1 aliphatic heterocycles. The minimum atomic E-state index is -4.67. The van der Waals surface area contributed by atoms with Crippen molar-refractivity contribution in [3.05, 3.63) is 47.8 Å². The Balaban J connectivity index is 1.82. The van der Waals surface area contributed by atoms with Gasteiger partial charge in [-0.25, -0.2) is 9.50 Å². The molecule has 1 fully saturated rings. The molecule has 0 spiro atoms. The fourth-order valence-corrected chi connectivity index (χ4v) is 3.90. The number of anilines is 2. The molecule has 0 unspecified atom stereocenters. The van der Waals surface area contributed by atoms with Crippen LogP contribution < -0.4 is 14.5 Å². The van der Waals surface area contributed by atoms with Crippen LogP contribution in [0.25, 0.3) is 5.65 Å². The molecule has 0 aliphatic carbocycles. The summed E-state index contributed by atoms with van der Waals surface area (Å²) in [4.78, 5) is 21.2. The van der Waals surface area contributed by atoms with Crippen molar-refractivity contribution in [3.8, 4) is 5.75 Å². The van der Waals surface area contributed by atoms with Crippen LogP contribution in [0.15, 0.2) is 36.5 Å². The highest BCUT2D eigenvalue weighted by Gasteiger charge is 2.36. The highest BCUT2D eigenvalue weighted by atomic mass is 19.4. The maximum atomic E-state index is 13.7. The number of aliphatic carboxylic acids is 1. The third-order valence-electron chi connectivity index (χ3n) is 5.75. The van der Waals surface area contributed by atoms with Crippen LogP contribution in [-0.2, 0) is 17.5 Å². The summed E-state index contributed by atoms with van der Waals surface area (Å²) in [5.74, 6) is -0.142. The molecule has 1 aromatic carbocycles. The van der Waals surface area contributed by atoms with Crippen LogP contribution in [0, 0.1) is 0 Å². The summed E-state index contributed by atoms with van der Waals surface area (Å²) >= 11 is 0. The number of ether oxygens (including phenoxy) is 1. The van der Waals surface area contributed by atoms with Crippen molar-refractivity contribution in [3.63, 3.8) is 0 Å². The van der Waals surface area contributed by atoms with Gasteiger partial charge in [0, 0.05) is 38.8 Å². The van der Waals surface area contributed by atoms with E-state index in [1.807, 2.05) is 11.9 Å². The van der Waals surface area contributed by atoms with Crippen molar-refractivity contribution in [1.82, 2.24) is 19.5 Å². The van der Waals surface area contributed by atoms with E-state index in [1.165, 1.54) is 12.0 Å². The Morgan fingerprint density at radius 1 is 1.18 bits per heavy atom. The quantitative estimate of drug-likeness (QED) is 0.555. The lowest BCUT2D eigenvalue weighted by molar-refractivity contribution is -0.142. The summed E-state index contributed by atoms with van der Waals surface area (Å²) < 4.78 is 47.0. The number of halogens is 3. The van der Waals surface area contributed by atoms with E-state index in [2.05, 4.69) is 15.0 Å². The van der Waals surface area contributed by atoms with E-state index < -0.39 is 24.4 Å². The smallest absolute Gasteiger partial charge is 0.435 e. The molecule has 0 bridgehead atoms. The van der Waals surface area contributed by atoms with Crippen LogP contribution in [0.1, 0.15) is 11.3 Å². The molecule has 0 amide bonds. The number of imidazole rings is 1. The molecule has 12 heteroatoms. The van der Waals surface area contributed by atoms with E-state index in [0.29, 0.717) is 24.7 Å². The number of benzene rings is 1. The normalized spacial score (nSPS) is 15.0. The number of carboxylic acid groups (broad SMARTS) is 1. The van der Waals surface area contributed by atoms with Gasteiger partial charge in [-0.3, -0.25) is 4.79 Å². The second kappa shape index (κ2) is 9.37. The van der Waals surface area contributed by atoms with E-state index in [0.717, 1.165) is 29.4 Å². The average molecular weight is 478 g/mol. The molecular weight excluding hydrogens is 453 g/mol. The number of rotatable bonds is 7. The van der Waals surface area contributed by atoms with Crippen LogP contribution in [0.2, 0.25) is 0 Å². The van der Waals surface area contributed by atoms with Crippen LogP contribution >= 0.6 is 0 Å². The fourth-order valence-electron chi connectivity index (χ4n) is 3.90. The number of carboxylic acids is 1. The number of alkyl halides is 3. The largest absolute Gasteiger partial charge is 0.497 e. The molecule has 3 aromatic rings. The highest BCUT2D eigenvalue weighted by molar-refractivity contribution is 5.79. The number of fused-ring (bicyclic) bond motifs is 1. The van der Waals surface area contributed by atoms with Gasteiger partial charge in [-0.1, -0.05) is 12.1 Å². The van der Waals surface area contributed by atoms with Gasteiger partial charge in [-0.2, -0.15) is 13.2 Å². The third-order valence-corrected chi connectivity index (χ3v) is 5.75. The van der Waals surface area contributed by atoms with E-state index >= 15 is 0 Å². The molecule has 182 valence electrons. The Hall–Kier alpha value is -3.54. The molecule has 0 saturated carbocycles. The number of hydrogen-bond acceptors (Lipinski definition) is 7. The number of carbonyl (C=O) groups is 1. The molecule has 1 aliphatic rings. The first-order valence-corrected chi connectivity index (χ1v) is 10.6. The Labute approximate surface area is 194 Å². The van der Waals surface area contributed by atoms with Gasteiger partial charge in [0.1, 0.15) is 12.3 Å². The van der Waals surface area contributed by atoms with Crippen molar-refractivity contribution in [2.45, 2.75) is 12.7 Å². The van der Waals surface area contributed by atoms with Gasteiger partial charge in [0.05, 0.1) is 19.0 Å². The van der Waals surface area contributed by atoms with Crippen molar-refractivity contribution < 1.29 is 27.8 Å². The van der Waals surface area contributed by atoms with Crippen LogP contribution in [0.3, 0.4) is 0 Å². The zero-order valence-electron chi connectivity index (χ0n) is 18.8. The lowest BCUT2D eigenvalue weighted by Gasteiger charge is -2.34. The minimum absolute atomic E-state index is 0.0556. The van der Waals surface area contributed by atoms with Crippen molar-refractivity contribution in [1.29, 1.82) is 0 Å². The zero-order valence-corrected chi connectivity index (χ0v) is 18.8. The molecule has 1 N–H and O–H groups in total. The first kappa shape index (κ1) is 23.6. The monoisotopic (exact) mass is 478 g/mol. The molecule has 4 rings (SSSR count). The van der Waals surface area contributed by atoms with Gasteiger partial charge in [0.25, 0.3) is 0 Å². The Kier molecular flexibility index (Phi) is 6.51. The Bertz CT molecular complexity index is 1160. The molecular formula is C22H25F3N6O3. The van der Waals surface area contributed by atoms with Gasteiger partial charge in [0.2, 0.25) is 0 Å². The number of methoxy groups -OCH3 is 1. The molecule has 9 nitrogen and oxygen atoms in total. The SMILES string of the molecule is COc1ccc(CN(CC(=O)O)c2cc(N3CCN(C)CC3)nn3c(C(F)(F)F)cnc23)cc1. The highest BCUT2D eigenvalue weighted by Crippen LogP contribution is 2.34. The fraction of sp³-hybridized carbons (Fsp3) is 0.409. The van der Waals surface area contributed by atoms with E-state index in [1.54, 1.807) is 30.3 Å². The first-order valence-electron chi connectivity index (χ1n) is 10.6. The predicted octanol–water partition coefficient (Wildman–Crippen LogP) is 2.60. The number of nitrogens with zero attached hydrogens (tertiary/aromatic N) is 6. The first-order chi connectivity index (χ1) is 16.2. The van der Waals surface area contributed by atoms with Gasteiger partial charge < -0.3 is 24.5 Å². The van der Waals surface area contributed by atoms with Gasteiger partial charge in [-0.15, -0.1) is 5.10 Å². The minimum Gasteiger partial charge on any atom is -0.497 e. The molecule has 0 radical (unpaired) electrons. The predicted molar refractivity (Wildman–Crippen MR) is 119 cm³/mol. The molecule has 34 heavy (non-hydrogen) atoms. The van der Waals surface area contributed by atoms with Gasteiger partial charge in [-0.05, 0) is 24.7 Å².